The highest BCUT2D eigenvalue weighted by atomic mass is 32.2. The minimum atomic E-state index is -2.96. The minimum absolute atomic E-state index is 0.0311. The number of fused-ring (bicyclic) bond motifs is 1. The molecular formula is C16H20N2O3S2. The van der Waals surface area contributed by atoms with E-state index in [2.05, 4.69) is 16.5 Å². The van der Waals surface area contributed by atoms with Gasteiger partial charge in [-0.25, -0.2) is 8.42 Å². The van der Waals surface area contributed by atoms with Gasteiger partial charge in [-0.05, 0) is 17.7 Å². The second kappa shape index (κ2) is 6.57. The fourth-order valence-corrected chi connectivity index (χ4v) is 5.88. The number of sulfone groups is 1. The van der Waals surface area contributed by atoms with Gasteiger partial charge in [-0.2, -0.15) is 0 Å². The van der Waals surface area contributed by atoms with Gasteiger partial charge < -0.3 is 9.64 Å². The molecule has 2 aliphatic rings. The van der Waals surface area contributed by atoms with E-state index in [9.17, 15) is 8.42 Å². The lowest BCUT2D eigenvalue weighted by Crippen LogP contribution is -2.39. The fourth-order valence-electron chi connectivity index (χ4n) is 2.93. The van der Waals surface area contributed by atoms with Crippen molar-refractivity contribution >= 4 is 26.8 Å². The van der Waals surface area contributed by atoms with Crippen LogP contribution >= 0.6 is 11.8 Å². The van der Waals surface area contributed by atoms with E-state index < -0.39 is 9.84 Å². The van der Waals surface area contributed by atoms with E-state index in [4.69, 9.17) is 4.74 Å². The third-order valence-electron chi connectivity index (χ3n) is 4.07. The summed E-state index contributed by atoms with van der Waals surface area (Å²) >= 11 is 1.65. The molecule has 2 heterocycles. The normalized spacial score (nSPS) is 25.1. The van der Waals surface area contributed by atoms with Crippen LogP contribution < -0.4 is 4.74 Å². The number of nitrogens with zero attached hydrogens (tertiary/aromatic N) is 2. The SMILES string of the molecule is C=CCN1C(SCc2ccc(OC)cc2)=NC2CS(=O)(=O)CC21. The van der Waals surface area contributed by atoms with Crippen LogP contribution in [0.1, 0.15) is 5.56 Å². The maximum Gasteiger partial charge on any atom is 0.160 e. The highest BCUT2D eigenvalue weighted by Crippen LogP contribution is 2.32. The van der Waals surface area contributed by atoms with Gasteiger partial charge in [0.1, 0.15) is 5.75 Å². The van der Waals surface area contributed by atoms with Gasteiger partial charge in [-0.15, -0.1) is 6.58 Å². The average Bonchev–Trinajstić information content (AvgIpc) is 2.99. The molecule has 124 valence electrons. The molecule has 0 saturated carbocycles. The molecule has 0 bridgehead atoms. The minimum Gasteiger partial charge on any atom is -0.497 e. The van der Waals surface area contributed by atoms with Crippen LogP contribution in [0.5, 0.6) is 5.75 Å². The van der Waals surface area contributed by atoms with Crippen molar-refractivity contribution in [2.75, 3.05) is 25.2 Å². The van der Waals surface area contributed by atoms with E-state index in [0.717, 1.165) is 16.7 Å². The summed E-state index contributed by atoms with van der Waals surface area (Å²) < 4.78 is 28.8. The van der Waals surface area contributed by atoms with Crippen LogP contribution in [-0.4, -0.2) is 55.7 Å². The zero-order valence-electron chi connectivity index (χ0n) is 13.0. The summed E-state index contributed by atoms with van der Waals surface area (Å²) in [4.78, 5) is 6.73. The molecule has 0 aliphatic carbocycles. The van der Waals surface area contributed by atoms with Gasteiger partial charge in [0.25, 0.3) is 0 Å². The molecule has 0 spiro atoms. The van der Waals surface area contributed by atoms with Gasteiger partial charge in [0.15, 0.2) is 15.0 Å². The van der Waals surface area contributed by atoms with Crippen LogP contribution in [0.25, 0.3) is 0 Å². The van der Waals surface area contributed by atoms with Gasteiger partial charge in [0.05, 0.1) is 30.7 Å². The summed E-state index contributed by atoms with van der Waals surface area (Å²) in [7, 11) is -1.31. The van der Waals surface area contributed by atoms with E-state index in [-0.39, 0.29) is 23.6 Å². The predicted molar refractivity (Wildman–Crippen MR) is 94.9 cm³/mol. The molecule has 0 aromatic heterocycles. The number of thioether (sulfide) groups is 1. The third-order valence-corrected chi connectivity index (χ3v) is 6.84. The Labute approximate surface area is 141 Å². The maximum atomic E-state index is 11.8. The van der Waals surface area contributed by atoms with Gasteiger partial charge in [0.2, 0.25) is 0 Å². The summed E-state index contributed by atoms with van der Waals surface area (Å²) in [6, 6.07) is 7.79. The number of ether oxygens (including phenoxy) is 1. The van der Waals surface area contributed by atoms with Crippen LogP contribution in [0.3, 0.4) is 0 Å². The van der Waals surface area contributed by atoms with Gasteiger partial charge in [-0.3, -0.25) is 4.99 Å². The van der Waals surface area contributed by atoms with Crippen molar-refractivity contribution in [3.05, 3.63) is 42.5 Å². The van der Waals surface area contributed by atoms with Crippen molar-refractivity contribution < 1.29 is 13.2 Å². The Hall–Kier alpha value is -1.47. The van der Waals surface area contributed by atoms with Crippen LogP contribution in [0.15, 0.2) is 41.9 Å². The quantitative estimate of drug-likeness (QED) is 0.758. The highest BCUT2D eigenvalue weighted by molar-refractivity contribution is 8.13. The predicted octanol–water partition coefficient (Wildman–Crippen LogP) is 1.95. The summed E-state index contributed by atoms with van der Waals surface area (Å²) in [5.41, 5.74) is 1.18. The molecule has 2 unspecified atom stereocenters. The van der Waals surface area contributed by atoms with E-state index in [1.165, 1.54) is 5.56 Å². The smallest absolute Gasteiger partial charge is 0.160 e. The van der Waals surface area contributed by atoms with Crippen molar-refractivity contribution in [3.63, 3.8) is 0 Å². The highest BCUT2D eigenvalue weighted by Gasteiger charge is 2.45. The van der Waals surface area contributed by atoms with E-state index in [0.29, 0.717) is 6.54 Å². The number of methoxy groups -OCH3 is 1. The first-order chi connectivity index (χ1) is 11.0. The van der Waals surface area contributed by atoms with E-state index >= 15 is 0 Å². The molecule has 0 radical (unpaired) electrons. The van der Waals surface area contributed by atoms with E-state index in [1.54, 1.807) is 24.9 Å². The Bertz CT molecular complexity index is 713. The third kappa shape index (κ3) is 3.55. The molecule has 5 nitrogen and oxygen atoms in total. The maximum absolute atomic E-state index is 11.8. The monoisotopic (exact) mass is 352 g/mol. The van der Waals surface area contributed by atoms with Crippen molar-refractivity contribution in [2.45, 2.75) is 17.8 Å². The summed E-state index contributed by atoms with van der Waals surface area (Å²) in [5, 5.41) is 0.922. The van der Waals surface area contributed by atoms with Crippen molar-refractivity contribution in [3.8, 4) is 5.75 Å². The van der Waals surface area contributed by atoms with Crippen LogP contribution in [0.2, 0.25) is 0 Å². The summed E-state index contributed by atoms with van der Waals surface area (Å²) in [5.74, 6) is 1.99. The molecule has 1 saturated heterocycles. The largest absolute Gasteiger partial charge is 0.497 e. The molecule has 3 rings (SSSR count). The molecule has 2 atom stereocenters. The molecule has 0 N–H and O–H groups in total. The molecule has 1 fully saturated rings. The topological polar surface area (TPSA) is 59.0 Å². The summed E-state index contributed by atoms with van der Waals surface area (Å²) in [6.07, 6.45) is 1.80. The Morgan fingerprint density at radius 2 is 2.13 bits per heavy atom. The van der Waals surface area contributed by atoms with Crippen LogP contribution in [-0.2, 0) is 15.6 Å². The fraction of sp³-hybridized carbons (Fsp3) is 0.438. The lowest BCUT2D eigenvalue weighted by atomic mass is 10.2. The Balaban J connectivity index is 1.69. The number of hydrogen-bond donors (Lipinski definition) is 0. The molecular weight excluding hydrogens is 332 g/mol. The Kier molecular flexibility index (Phi) is 4.68. The van der Waals surface area contributed by atoms with Crippen molar-refractivity contribution in [1.82, 2.24) is 4.90 Å². The Morgan fingerprint density at radius 3 is 2.78 bits per heavy atom. The van der Waals surface area contributed by atoms with Crippen LogP contribution in [0.4, 0.5) is 0 Å². The first-order valence-corrected chi connectivity index (χ1v) is 10.2. The molecule has 23 heavy (non-hydrogen) atoms. The molecule has 7 heteroatoms. The lowest BCUT2D eigenvalue weighted by molar-refractivity contribution is 0.379. The summed E-state index contributed by atoms with van der Waals surface area (Å²) in [6.45, 7) is 4.41. The van der Waals surface area contributed by atoms with Crippen molar-refractivity contribution in [2.24, 2.45) is 4.99 Å². The number of benzene rings is 1. The second-order valence-corrected chi connectivity index (χ2v) is 8.80. The Morgan fingerprint density at radius 1 is 1.39 bits per heavy atom. The second-order valence-electron chi connectivity index (χ2n) is 5.70. The first kappa shape index (κ1) is 16.4. The zero-order chi connectivity index (χ0) is 16.4. The first-order valence-electron chi connectivity index (χ1n) is 7.44. The zero-order valence-corrected chi connectivity index (χ0v) is 14.6. The van der Waals surface area contributed by atoms with Crippen LogP contribution in [0, 0.1) is 0 Å². The number of hydrogen-bond acceptors (Lipinski definition) is 6. The number of aliphatic imine (C=N–C) groups is 1. The molecule has 1 aromatic rings. The van der Waals surface area contributed by atoms with Gasteiger partial charge in [-0.1, -0.05) is 30.0 Å². The average molecular weight is 352 g/mol. The molecule has 0 amide bonds. The molecule has 2 aliphatic heterocycles. The van der Waals surface area contributed by atoms with Gasteiger partial charge in [0, 0.05) is 12.3 Å². The standard InChI is InChI=1S/C16H20N2O3S2/c1-3-8-18-15-11-23(19,20)10-14(15)17-16(18)22-9-12-4-6-13(21-2)7-5-12/h3-7,14-15H,1,8-11H2,2H3. The van der Waals surface area contributed by atoms with E-state index in [1.807, 2.05) is 24.3 Å². The number of amidine groups is 1. The molecule has 1 aromatic carbocycles. The number of rotatable bonds is 5. The van der Waals surface area contributed by atoms with Gasteiger partial charge >= 0.3 is 0 Å². The van der Waals surface area contributed by atoms with Crippen molar-refractivity contribution in [1.29, 1.82) is 0 Å². The lowest BCUT2D eigenvalue weighted by Gasteiger charge is -2.24.